The van der Waals surface area contributed by atoms with Crippen LogP contribution >= 0.6 is 28.3 Å². The number of aromatic carboxylic acids is 1. The molecular formula is C11H11BrN4O2S. The van der Waals surface area contributed by atoms with Crippen molar-refractivity contribution in [3.05, 3.63) is 35.2 Å². The number of nitrogens with zero attached hydrogens (tertiary/aromatic N) is 2. The summed E-state index contributed by atoms with van der Waals surface area (Å²) in [6.07, 6.45) is 0. The number of hydrogen-bond donors (Lipinski definition) is 3. The molecule has 0 unspecified atom stereocenters. The van der Waals surface area contributed by atoms with Gasteiger partial charge in [-0.2, -0.15) is 4.99 Å². The van der Waals surface area contributed by atoms with Crippen LogP contribution in [0.5, 0.6) is 0 Å². The van der Waals surface area contributed by atoms with Gasteiger partial charge in [0.15, 0.2) is 5.96 Å². The summed E-state index contributed by atoms with van der Waals surface area (Å²) >= 11 is 0.933. The Balaban J connectivity index is 0.00000180. The van der Waals surface area contributed by atoms with E-state index in [1.807, 2.05) is 6.07 Å². The highest BCUT2D eigenvalue weighted by Gasteiger charge is 2.18. The highest BCUT2D eigenvalue weighted by Crippen LogP contribution is 2.32. The van der Waals surface area contributed by atoms with Crippen LogP contribution in [-0.2, 0) is 0 Å². The summed E-state index contributed by atoms with van der Waals surface area (Å²) < 4.78 is 0. The van der Waals surface area contributed by atoms with Gasteiger partial charge in [-0.15, -0.1) is 17.0 Å². The van der Waals surface area contributed by atoms with Gasteiger partial charge < -0.3 is 16.6 Å². The Bertz CT molecular complexity index is 608. The first-order valence-electron chi connectivity index (χ1n) is 4.97. The zero-order valence-electron chi connectivity index (χ0n) is 9.61. The van der Waals surface area contributed by atoms with Crippen LogP contribution in [0.25, 0.3) is 11.3 Å². The maximum Gasteiger partial charge on any atom is 0.348 e. The number of guanidine groups is 1. The largest absolute Gasteiger partial charge is 0.477 e. The van der Waals surface area contributed by atoms with Crippen LogP contribution in [0.1, 0.15) is 9.67 Å². The van der Waals surface area contributed by atoms with Crippen LogP contribution in [0.3, 0.4) is 0 Å². The van der Waals surface area contributed by atoms with Gasteiger partial charge in [0.05, 0.1) is 5.69 Å². The summed E-state index contributed by atoms with van der Waals surface area (Å²) in [5.74, 6) is -1.20. The molecule has 100 valence electrons. The van der Waals surface area contributed by atoms with E-state index in [1.54, 1.807) is 24.3 Å². The minimum absolute atomic E-state index is 0. The van der Waals surface area contributed by atoms with E-state index in [4.69, 9.17) is 16.6 Å². The van der Waals surface area contributed by atoms with Gasteiger partial charge in [-0.05, 0) is 0 Å². The second kappa shape index (κ2) is 6.30. The van der Waals surface area contributed by atoms with E-state index in [0.717, 1.165) is 11.3 Å². The SMILES string of the molecule is Br.NC(N)=Nc1nc(-c2ccccc2)c(C(=O)O)s1. The molecule has 0 bridgehead atoms. The Morgan fingerprint density at radius 1 is 1.26 bits per heavy atom. The molecule has 19 heavy (non-hydrogen) atoms. The standard InChI is InChI=1S/C11H10N4O2S.BrH/c12-10(13)15-11-14-7(8(18-11)9(16)17)6-4-2-1-3-5-6;/h1-5H,(H,16,17)(H4,12,13,14,15);1H. The third-order valence-corrected chi connectivity index (χ3v) is 3.02. The molecular weight excluding hydrogens is 332 g/mol. The molecule has 0 saturated carbocycles. The summed E-state index contributed by atoms with van der Waals surface area (Å²) in [6.45, 7) is 0. The summed E-state index contributed by atoms with van der Waals surface area (Å²) in [7, 11) is 0. The lowest BCUT2D eigenvalue weighted by molar-refractivity contribution is 0.0702. The summed E-state index contributed by atoms with van der Waals surface area (Å²) in [5.41, 5.74) is 11.6. The van der Waals surface area contributed by atoms with E-state index in [9.17, 15) is 4.79 Å². The Morgan fingerprint density at radius 3 is 2.42 bits per heavy atom. The molecule has 0 atom stereocenters. The van der Waals surface area contributed by atoms with Crippen molar-refractivity contribution in [3.63, 3.8) is 0 Å². The number of carboxylic acids is 1. The van der Waals surface area contributed by atoms with Crippen LogP contribution in [0.4, 0.5) is 5.13 Å². The van der Waals surface area contributed by atoms with Crippen molar-refractivity contribution in [2.24, 2.45) is 16.5 Å². The second-order valence-electron chi connectivity index (χ2n) is 3.38. The lowest BCUT2D eigenvalue weighted by Gasteiger charge is -1.97. The molecule has 5 N–H and O–H groups in total. The van der Waals surface area contributed by atoms with Crippen molar-refractivity contribution in [1.29, 1.82) is 0 Å². The fourth-order valence-electron chi connectivity index (χ4n) is 1.40. The molecule has 1 heterocycles. The molecule has 0 radical (unpaired) electrons. The Labute approximate surface area is 123 Å². The first kappa shape index (κ1) is 15.1. The van der Waals surface area contributed by atoms with E-state index < -0.39 is 5.97 Å². The van der Waals surface area contributed by atoms with Gasteiger partial charge in [0.2, 0.25) is 5.13 Å². The van der Waals surface area contributed by atoms with E-state index in [1.165, 1.54) is 0 Å². The molecule has 2 aromatic rings. The van der Waals surface area contributed by atoms with Crippen LogP contribution in [0.2, 0.25) is 0 Å². The molecule has 0 saturated heterocycles. The molecule has 0 aliphatic heterocycles. The van der Waals surface area contributed by atoms with Crippen molar-refractivity contribution >= 4 is 45.4 Å². The van der Waals surface area contributed by atoms with Gasteiger partial charge in [0, 0.05) is 5.56 Å². The summed E-state index contributed by atoms with van der Waals surface area (Å²) in [6, 6.07) is 9.01. The monoisotopic (exact) mass is 342 g/mol. The first-order valence-corrected chi connectivity index (χ1v) is 5.78. The fraction of sp³-hybridized carbons (Fsp3) is 0. The van der Waals surface area contributed by atoms with Crippen molar-refractivity contribution in [1.82, 2.24) is 4.98 Å². The van der Waals surface area contributed by atoms with Gasteiger partial charge in [0.1, 0.15) is 4.88 Å². The molecule has 1 aromatic carbocycles. The van der Waals surface area contributed by atoms with Gasteiger partial charge in [0.25, 0.3) is 0 Å². The zero-order valence-corrected chi connectivity index (χ0v) is 12.1. The number of carbonyl (C=O) groups is 1. The second-order valence-corrected chi connectivity index (χ2v) is 4.36. The number of thiazole rings is 1. The molecule has 1 aromatic heterocycles. The molecule has 8 heteroatoms. The maximum atomic E-state index is 11.2. The average Bonchev–Trinajstić information content (AvgIpc) is 2.73. The number of aromatic nitrogens is 1. The van der Waals surface area contributed by atoms with Crippen LogP contribution < -0.4 is 11.5 Å². The zero-order chi connectivity index (χ0) is 13.1. The number of hydrogen-bond acceptors (Lipinski definition) is 4. The Hall–Kier alpha value is -1.93. The molecule has 0 aliphatic carbocycles. The first-order chi connectivity index (χ1) is 8.58. The fourth-order valence-corrected chi connectivity index (χ4v) is 2.22. The van der Waals surface area contributed by atoms with E-state index in [-0.39, 0.29) is 32.9 Å². The van der Waals surface area contributed by atoms with Gasteiger partial charge >= 0.3 is 5.97 Å². The number of rotatable bonds is 3. The predicted molar refractivity (Wildman–Crippen MR) is 80.3 cm³/mol. The molecule has 2 rings (SSSR count). The topological polar surface area (TPSA) is 115 Å². The highest BCUT2D eigenvalue weighted by atomic mass is 79.9. The Morgan fingerprint density at radius 2 is 1.89 bits per heavy atom. The highest BCUT2D eigenvalue weighted by molar-refractivity contribution is 8.93. The van der Waals surface area contributed by atoms with Gasteiger partial charge in [-0.25, -0.2) is 9.78 Å². The predicted octanol–water partition coefficient (Wildman–Crippen LogP) is 1.99. The molecule has 0 aliphatic rings. The van der Waals surface area contributed by atoms with E-state index in [2.05, 4.69) is 9.98 Å². The van der Waals surface area contributed by atoms with Gasteiger partial charge in [-0.3, -0.25) is 0 Å². The minimum Gasteiger partial charge on any atom is -0.477 e. The molecule has 0 fully saturated rings. The molecule has 0 spiro atoms. The van der Waals surface area contributed by atoms with Crippen molar-refractivity contribution in [3.8, 4) is 11.3 Å². The normalized spacial score (nSPS) is 9.47. The van der Waals surface area contributed by atoms with E-state index in [0.29, 0.717) is 11.3 Å². The summed E-state index contributed by atoms with van der Waals surface area (Å²) in [4.78, 5) is 19.2. The van der Waals surface area contributed by atoms with Gasteiger partial charge in [-0.1, -0.05) is 41.7 Å². The van der Waals surface area contributed by atoms with Crippen LogP contribution in [0, 0.1) is 0 Å². The van der Waals surface area contributed by atoms with Crippen molar-refractivity contribution < 1.29 is 9.90 Å². The lowest BCUT2D eigenvalue weighted by atomic mass is 10.1. The molecule has 0 amide bonds. The van der Waals surface area contributed by atoms with Crippen LogP contribution in [0.15, 0.2) is 35.3 Å². The van der Waals surface area contributed by atoms with E-state index >= 15 is 0 Å². The van der Waals surface area contributed by atoms with Crippen LogP contribution in [-0.4, -0.2) is 22.0 Å². The quantitative estimate of drug-likeness (QED) is 0.582. The van der Waals surface area contributed by atoms with Crippen molar-refractivity contribution in [2.75, 3.05) is 0 Å². The number of nitrogens with two attached hydrogens (primary N) is 2. The Kier molecular flexibility index (Phi) is 5.02. The van der Waals surface area contributed by atoms with Crippen molar-refractivity contribution in [2.45, 2.75) is 0 Å². The minimum atomic E-state index is -1.05. The molecule has 6 nitrogen and oxygen atoms in total. The average molecular weight is 343 g/mol. The maximum absolute atomic E-state index is 11.2. The smallest absolute Gasteiger partial charge is 0.348 e. The summed E-state index contributed by atoms with van der Waals surface area (Å²) in [5, 5.41) is 9.36. The number of carboxylic acid groups (broad SMARTS) is 1. The third kappa shape index (κ3) is 3.52. The third-order valence-electron chi connectivity index (χ3n) is 2.08. The number of benzene rings is 1. The number of halogens is 1. The lowest BCUT2D eigenvalue weighted by Crippen LogP contribution is -2.21. The number of aliphatic imine (C=N–C) groups is 1.